The molecule has 0 aliphatic carbocycles. The van der Waals surface area contributed by atoms with E-state index in [0.717, 1.165) is 68.4 Å². The standard InChI is InChI=1S/C51H43N13O12S6/c1-5-23-46-60-28(14-79-46)41(70)56-25-10-33(67)50(74)76-11-21-7-6-8-24-34(21)18(2)35(54-24)51(75)82-17-31(57-42(71)29-15-80-47(25)61-29)48-58-26(12-78-48)37-22(45-59-30(13-77-45)43(72)64-36(20(4)65)44(73)55-23)9-32(66)38(63-37)49-62-27(16-81-49)40(69)53-19(3)39(52)68/h5-9,12-16,20,25,31,33,36,54,65-67H,3,10-11,17H2,1-2,4H3,(H2,52,68)(H,53,69)(H,55,73)(H,56,70)(H,57,71)(H,64,72). The lowest BCUT2D eigenvalue weighted by molar-refractivity contribution is -0.155. The highest BCUT2D eigenvalue weighted by Crippen LogP contribution is 2.42. The zero-order valence-corrected chi connectivity index (χ0v) is 47.6. The van der Waals surface area contributed by atoms with Crippen molar-refractivity contribution in [1.29, 1.82) is 0 Å². The Morgan fingerprint density at radius 3 is 2.17 bits per heavy atom. The number of cyclic esters (lactones) is 1. The number of esters is 1. The van der Waals surface area contributed by atoms with Gasteiger partial charge in [0.2, 0.25) is 11.0 Å². The first-order valence-corrected chi connectivity index (χ1v) is 29.7. The molecule has 12 bridgehead atoms. The number of aromatic nitrogens is 7. The second-order valence-corrected chi connectivity index (χ2v) is 23.5. The molecule has 0 fully saturated rings. The molecule has 7 aromatic heterocycles. The van der Waals surface area contributed by atoms with E-state index in [0.29, 0.717) is 22.0 Å². The number of aromatic amines is 1. The van der Waals surface area contributed by atoms with Crippen molar-refractivity contribution in [2.24, 2.45) is 5.73 Å². The highest BCUT2D eigenvalue weighted by atomic mass is 32.2. The Morgan fingerprint density at radius 2 is 1.45 bits per heavy atom. The number of aromatic hydroxyl groups is 1. The van der Waals surface area contributed by atoms with Gasteiger partial charge in [-0.3, -0.25) is 33.6 Å². The Labute approximate surface area is 486 Å². The Hall–Kier alpha value is -8.43. The fraction of sp³-hybridized carbons (Fsp3) is 0.216. The summed E-state index contributed by atoms with van der Waals surface area (Å²) in [4.78, 5) is 140. The normalized spacial score (nSPS) is 19.2. The lowest BCUT2D eigenvalue weighted by atomic mass is 10.1. The second-order valence-electron chi connectivity index (χ2n) is 18.2. The Balaban J connectivity index is 1.11. The summed E-state index contributed by atoms with van der Waals surface area (Å²) < 4.78 is 5.63. The van der Waals surface area contributed by atoms with Gasteiger partial charge in [0.05, 0.1) is 35.3 Å². The number of nitrogens with one attached hydrogen (secondary N) is 6. The summed E-state index contributed by atoms with van der Waals surface area (Å²) in [7, 11) is 0. The SMILES string of the molecule is C=C(NC(=O)c1csc(-c2nc3c(cc2O)-c2nc(cs2)C(=O)NC(C(C)O)C(=O)NC(=CC)c2nc(cs2)C(=O)NC2CC(O)C(=O)OCc4cccc5[nH]c(c(C)c45)C(=O)SCC(NC(=O)c4csc2n4)c2nc-3cs2)n1)C(N)=O. The molecule has 25 nitrogen and oxygen atoms in total. The van der Waals surface area contributed by atoms with E-state index in [1.165, 1.54) is 40.6 Å². The fourth-order valence-corrected chi connectivity index (χ4v) is 13.6. The van der Waals surface area contributed by atoms with Gasteiger partial charge in [-0.05, 0) is 44.0 Å². The number of carbonyl (C=O) groups excluding carboxylic acids is 8. The van der Waals surface area contributed by atoms with Crippen LogP contribution in [0.3, 0.4) is 0 Å². The Kier molecular flexibility index (Phi) is 16.3. The Morgan fingerprint density at radius 1 is 0.817 bits per heavy atom. The molecule has 9 heterocycles. The van der Waals surface area contributed by atoms with Crippen LogP contribution < -0.4 is 32.3 Å². The van der Waals surface area contributed by atoms with Crippen molar-refractivity contribution in [2.45, 2.75) is 64.1 Å². The molecule has 420 valence electrons. The van der Waals surface area contributed by atoms with Crippen LogP contribution in [0.25, 0.3) is 49.3 Å². The number of amides is 6. The summed E-state index contributed by atoms with van der Waals surface area (Å²) in [5.41, 5.74) is 6.39. The van der Waals surface area contributed by atoms with Gasteiger partial charge in [0.1, 0.15) is 83.3 Å². The number of thioether (sulfide) groups is 1. The molecule has 0 radical (unpaired) electrons. The summed E-state index contributed by atoms with van der Waals surface area (Å²) in [6.45, 7) is 7.74. The molecule has 0 saturated carbocycles. The van der Waals surface area contributed by atoms with E-state index in [1.807, 2.05) is 0 Å². The third-order valence-corrected chi connectivity index (χ3v) is 18.1. The number of allylic oxidation sites excluding steroid dienone is 1. The molecular weight excluding hydrogens is 1180 g/mol. The van der Waals surface area contributed by atoms with Crippen LogP contribution >= 0.6 is 68.4 Å². The van der Waals surface area contributed by atoms with Crippen LogP contribution in [0.1, 0.15) is 111 Å². The second kappa shape index (κ2) is 23.6. The number of benzene rings is 1. The van der Waals surface area contributed by atoms with Crippen molar-refractivity contribution >= 4 is 132 Å². The van der Waals surface area contributed by atoms with Crippen molar-refractivity contribution in [2.75, 3.05) is 5.75 Å². The number of H-pyrrole nitrogens is 1. The van der Waals surface area contributed by atoms with E-state index < -0.39 is 89.0 Å². The maximum absolute atomic E-state index is 14.5. The van der Waals surface area contributed by atoms with Crippen LogP contribution in [0, 0.1) is 6.92 Å². The molecule has 2 aliphatic heterocycles. The molecule has 10 rings (SSSR count). The Bertz CT molecular complexity index is 3990. The summed E-state index contributed by atoms with van der Waals surface area (Å²) in [5.74, 6) is -6.66. The number of hydrogen-bond acceptors (Lipinski definition) is 24. The van der Waals surface area contributed by atoms with Gasteiger partial charge in [-0.15, -0.1) is 56.7 Å². The van der Waals surface area contributed by atoms with Crippen LogP contribution in [0.15, 0.2) is 69.5 Å². The van der Waals surface area contributed by atoms with E-state index in [1.54, 1.807) is 37.4 Å². The van der Waals surface area contributed by atoms with Gasteiger partial charge >= 0.3 is 5.97 Å². The van der Waals surface area contributed by atoms with E-state index >= 15 is 0 Å². The predicted octanol–water partition coefficient (Wildman–Crippen LogP) is 4.88. The maximum atomic E-state index is 14.5. The zero-order chi connectivity index (χ0) is 58.3. The van der Waals surface area contributed by atoms with Crippen LogP contribution in [-0.2, 0) is 25.7 Å². The minimum atomic E-state index is -1.84. The predicted molar refractivity (Wildman–Crippen MR) is 305 cm³/mol. The third kappa shape index (κ3) is 11.7. The lowest BCUT2D eigenvalue weighted by Gasteiger charge is -2.21. The molecule has 6 amide bonds. The number of aryl methyl sites for hydroxylation is 1. The van der Waals surface area contributed by atoms with Gasteiger partial charge < -0.3 is 57.4 Å². The molecule has 11 N–H and O–H groups in total. The monoisotopic (exact) mass is 1220 g/mol. The topological polar surface area (TPSA) is 386 Å². The highest BCUT2D eigenvalue weighted by molar-refractivity contribution is 8.14. The molecule has 0 saturated heterocycles. The van der Waals surface area contributed by atoms with Crippen LogP contribution in [0.5, 0.6) is 5.75 Å². The molecule has 5 unspecified atom stereocenters. The van der Waals surface area contributed by atoms with E-state index in [9.17, 15) is 53.7 Å². The van der Waals surface area contributed by atoms with Crippen LogP contribution in [0.4, 0.5) is 0 Å². The maximum Gasteiger partial charge on any atom is 0.335 e. The minimum Gasteiger partial charge on any atom is -0.506 e. The first-order chi connectivity index (χ1) is 39.2. The number of fused-ring (bicyclic) bond motifs is 13. The summed E-state index contributed by atoms with van der Waals surface area (Å²) >= 11 is 5.73. The molecule has 2 aliphatic rings. The molecule has 82 heavy (non-hydrogen) atoms. The van der Waals surface area contributed by atoms with Gasteiger partial charge in [0, 0.05) is 55.5 Å². The third-order valence-electron chi connectivity index (χ3n) is 12.6. The largest absolute Gasteiger partial charge is 0.506 e. The molecule has 8 aromatic rings. The molecule has 5 atom stereocenters. The number of rotatable bonds is 5. The number of aliphatic hydroxyl groups is 2. The minimum absolute atomic E-state index is 0.0405. The number of pyridine rings is 1. The smallest absolute Gasteiger partial charge is 0.335 e. The number of carbonyl (C=O) groups is 8. The molecular formula is C51H43N13O12S6. The summed E-state index contributed by atoms with van der Waals surface area (Å²) in [6, 6.07) is 2.64. The number of thiazole rings is 5. The zero-order valence-electron chi connectivity index (χ0n) is 42.7. The number of hydrogen-bond donors (Lipinski definition) is 10. The van der Waals surface area contributed by atoms with Gasteiger partial charge in [-0.1, -0.05) is 36.5 Å². The quantitative estimate of drug-likeness (QED) is 0.0810. The van der Waals surface area contributed by atoms with Gasteiger partial charge in [-0.2, -0.15) is 0 Å². The number of nitrogens with zero attached hydrogens (tertiary/aromatic N) is 6. The number of nitrogens with two attached hydrogens (primary N) is 1. The van der Waals surface area contributed by atoms with Gasteiger partial charge in [-0.25, -0.2) is 34.7 Å². The van der Waals surface area contributed by atoms with Crippen LogP contribution in [0.2, 0.25) is 0 Å². The van der Waals surface area contributed by atoms with Crippen molar-refractivity contribution in [1.82, 2.24) is 61.5 Å². The molecule has 1 aromatic carbocycles. The van der Waals surface area contributed by atoms with Crippen LogP contribution in [-0.4, -0.2) is 121 Å². The first kappa shape index (κ1) is 56.8. The van der Waals surface area contributed by atoms with E-state index in [4.69, 9.17) is 20.4 Å². The van der Waals surface area contributed by atoms with Gasteiger partial charge in [0.25, 0.3) is 29.5 Å². The summed E-state index contributed by atoms with van der Waals surface area (Å²) in [6.07, 6.45) is -2.29. The van der Waals surface area contributed by atoms with E-state index in [-0.39, 0.29) is 99.9 Å². The van der Waals surface area contributed by atoms with Crippen molar-refractivity contribution in [3.63, 3.8) is 0 Å². The molecule has 0 spiro atoms. The fourth-order valence-electron chi connectivity index (χ4n) is 8.44. The average Bonchev–Trinajstić information content (AvgIpc) is 4.37. The highest BCUT2D eigenvalue weighted by Gasteiger charge is 2.33. The summed E-state index contributed by atoms with van der Waals surface area (Å²) in [5, 5.41) is 55.1. The van der Waals surface area contributed by atoms with Gasteiger partial charge in [0.15, 0.2) is 6.10 Å². The number of aliphatic hydroxyl groups excluding tert-OH is 2. The van der Waals surface area contributed by atoms with Crippen molar-refractivity contribution < 1.29 is 58.4 Å². The van der Waals surface area contributed by atoms with E-state index in [2.05, 4.69) is 58.1 Å². The van der Waals surface area contributed by atoms with Crippen molar-refractivity contribution in [3.05, 3.63) is 124 Å². The number of primary amides is 1. The first-order valence-electron chi connectivity index (χ1n) is 24.3. The van der Waals surface area contributed by atoms with Crippen molar-refractivity contribution in [3.8, 4) is 38.4 Å². The lowest BCUT2D eigenvalue weighted by Crippen LogP contribution is -2.52. The number of ether oxygens (including phenoxy) is 1. The molecule has 31 heteroatoms. The average molecular weight is 1220 g/mol.